The molecule has 0 saturated heterocycles. The number of hydrogen-bond acceptors (Lipinski definition) is 1. The van der Waals surface area contributed by atoms with Gasteiger partial charge in [0, 0.05) is 12.5 Å². The Morgan fingerprint density at radius 2 is 2.20 bits per heavy atom. The third-order valence-corrected chi connectivity index (χ3v) is 2.93. The van der Waals surface area contributed by atoms with Gasteiger partial charge in [0.1, 0.15) is 6.17 Å². The lowest BCUT2D eigenvalue weighted by Crippen LogP contribution is -2.33. The van der Waals surface area contributed by atoms with Crippen molar-refractivity contribution in [1.29, 1.82) is 0 Å². The summed E-state index contributed by atoms with van der Waals surface area (Å²) in [5.41, 5.74) is -0.326. The van der Waals surface area contributed by atoms with E-state index in [0.717, 1.165) is 25.7 Å². The van der Waals surface area contributed by atoms with E-state index in [1.165, 1.54) is 0 Å². The molecule has 0 aromatic carbocycles. The summed E-state index contributed by atoms with van der Waals surface area (Å²) < 4.78 is 19.1. The van der Waals surface area contributed by atoms with Crippen LogP contribution in [-0.4, -0.2) is 19.9 Å². The molecule has 0 heterocycles. The fourth-order valence-corrected chi connectivity index (χ4v) is 1.90. The van der Waals surface area contributed by atoms with E-state index >= 15 is 0 Å². The van der Waals surface area contributed by atoms with Gasteiger partial charge in [0.25, 0.3) is 0 Å². The van der Waals surface area contributed by atoms with Crippen molar-refractivity contribution in [1.82, 2.24) is 0 Å². The fourth-order valence-electron chi connectivity index (χ4n) is 1.90. The molecule has 2 heteroatoms. The standard InChI is InChI=1S/C13H25FO/c1-5-7-8-10-13(3,11-15-4)12(14)9-6-2/h5,12H,1,6-11H2,2-4H3/t12-,13+/m1/s1. The smallest absolute Gasteiger partial charge is 0.108 e. The maximum atomic E-state index is 14.0. The first-order valence-electron chi connectivity index (χ1n) is 5.84. The van der Waals surface area contributed by atoms with Crippen LogP contribution in [0, 0.1) is 5.41 Å². The number of halogens is 1. The molecule has 0 unspecified atom stereocenters. The minimum atomic E-state index is -0.757. The Morgan fingerprint density at radius 1 is 1.53 bits per heavy atom. The molecule has 1 nitrogen and oxygen atoms in total. The second-order valence-electron chi connectivity index (χ2n) is 4.52. The number of allylic oxidation sites excluding steroid dienone is 1. The van der Waals surface area contributed by atoms with Gasteiger partial charge >= 0.3 is 0 Å². The van der Waals surface area contributed by atoms with Gasteiger partial charge in [0.15, 0.2) is 0 Å². The Labute approximate surface area is 93.7 Å². The maximum absolute atomic E-state index is 14.0. The summed E-state index contributed by atoms with van der Waals surface area (Å²) in [5, 5.41) is 0. The minimum Gasteiger partial charge on any atom is -0.384 e. The summed E-state index contributed by atoms with van der Waals surface area (Å²) in [6.45, 7) is 8.19. The first-order valence-corrected chi connectivity index (χ1v) is 5.84. The molecule has 0 rings (SSSR count). The number of alkyl halides is 1. The van der Waals surface area contributed by atoms with E-state index < -0.39 is 6.17 Å². The first kappa shape index (κ1) is 14.6. The highest BCUT2D eigenvalue weighted by Gasteiger charge is 2.33. The zero-order valence-corrected chi connectivity index (χ0v) is 10.4. The average molecular weight is 216 g/mol. The van der Waals surface area contributed by atoms with Crippen molar-refractivity contribution in [2.24, 2.45) is 5.41 Å². The molecule has 0 aliphatic heterocycles. The molecular formula is C13H25FO. The monoisotopic (exact) mass is 216 g/mol. The largest absolute Gasteiger partial charge is 0.384 e. The van der Waals surface area contributed by atoms with Crippen LogP contribution in [0.4, 0.5) is 4.39 Å². The Bertz CT molecular complexity index is 170. The van der Waals surface area contributed by atoms with Gasteiger partial charge in [-0.1, -0.05) is 26.3 Å². The molecule has 2 atom stereocenters. The molecular weight excluding hydrogens is 191 g/mol. The molecule has 0 aliphatic rings. The molecule has 0 aliphatic carbocycles. The van der Waals surface area contributed by atoms with E-state index in [9.17, 15) is 4.39 Å². The van der Waals surface area contributed by atoms with Crippen molar-refractivity contribution >= 4 is 0 Å². The van der Waals surface area contributed by atoms with Crippen LogP contribution in [0.2, 0.25) is 0 Å². The van der Waals surface area contributed by atoms with Crippen LogP contribution in [0.15, 0.2) is 12.7 Å². The topological polar surface area (TPSA) is 9.23 Å². The van der Waals surface area contributed by atoms with Gasteiger partial charge < -0.3 is 4.74 Å². The predicted molar refractivity (Wildman–Crippen MR) is 63.8 cm³/mol. The van der Waals surface area contributed by atoms with Crippen molar-refractivity contribution in [3.63, 3.8) is 0 Å². The molecule has 0 saturated carbocycles. The molecule has 0 spiro atoms. The highest BCUT2D eigenvalue weighted by molar-refractivity contribution is 4.83. The number of methoxy groups -OCH3 is 1. The predicted octanol–water partition coefficient (Wildman–Crippen LogP) is 4.13. The van der Waals surface area contributed by atoms with Gasteiger partial charge in [-0.15, -0.1) is 6.58 Å². The van der Waals surface area contributed by atoms with Crippen molar-refractivity contribution < 1.29 is 9.13 Å². The summed E-state index contributed by atoms with van der Waals surface area (Å²) in [5.74, 6) is 0. The van der Waals surface area contributed by atoms with Crippen molar-refractivity contribution in [3.8, 4) is 0 Å². The van der Waals surface area contributed by atoms with Gasteiger partial charge in [0.2, 0.25) is 0 Å². The second kappa shape index (κ2) is 7.86. The summed E-state index contributed by atoms with van der Waals surface area (Å²) in [6, 6.07) is 0. The normalized spacial score (nSPS) is 17.1. The molecule has 0 aromatic heterocycles. The lowest BCUT2D eigenvalue weighted by Gasteiger charge is -2.32. The first-order chi connectivity index (χ1) is 7.10. The van der Waals surface area contributed by atoms with E-state index in [4.69, 9.17) is 4.74 Å². The Kier molecular flexibility index (Phi) is 7.67. The minimum absolute atomic E-state index is 0.326. The zero-order valence-electron chi connectivity index (χ0n) is 10.4. The lowest BCUT2D eigenvalue weighted by molar-refractivity contribution is 0.0138. The number of hydrogen-bond donors (Lipinski definition) is 0. The Hall–Kier alpha value is -0.370. The molecule has 90 valence electrons. The molecule has 15 heavy (non-hydrogen) atoms. The van der Waals surface area contributed by atoms with Crippen LogP contribution in [0.3, 0.4) is 0 Å². The van der Waals surface area contributed by atoms with E-state index in [2.05, 4.69) is 6.58 Å². The number of unbranched alkanes of at least 4 members (excludes halogenated alkanes) is 1. The van der Waals surface area contributed by atoms with Crippen LogP contribution >= 0.6 is 0 Å². The van der Waals surface area contributed by atoms with Gasteiger partial charge in [-0.05, 0) is 25.7 Å². The third-order valence-electron chi connectivity index (χ3n) is 2.93. The number of rotatable bonds is 9. The van der Waals surface area contributed by atoms with Crippen molar-refractivity contribution in [2.75, 3.05) is 13.7 Å². The summed E-state index contributed by atoms with van der Waals surface area (Å²) in [4.78, 5) is 0. The van der Waals surface area contributed by atoms with E-state index in [0.29, 0.717) is 13.0 Å². The van der Waals surface area contributed by atoms with Crippen LogP contribution in [0.25, 0.3) is 0 Å². The quantitative estimate of drug-likeness (QED) is 0.416. The average Bonchev–Trinajstić information content (AvgIpc) is 2.19. The van der Waals surface area contributed by atoms with Crippen molar-refractivity contribution in [2.45, 2.75) is 52.1 Å². The highest BCUT2D eigenvalue weighted by atomic mass is 19.1. The SMILES string of the molecule is C=CCCC[C@@](C)(COC)[C@H](F)CCC. The van der Waals surface area contributed by atoms with Crippen LogP contribution in [-0.2, 0) is 4.74 Å². The van der Waals surface area contributed by atoms with E-state index in [1.807, 2.05) is 19.9 Å². The maximum Gasteiger partial charge on any atom is 0.108 e. The summed E-state index contributed by atoms with van der Waals surface area (Å²) in [7, 11) is 1.64. The van der Waals surface area contributed by atoms with Crippen LogP contribution in [0.5, 0.6) is 0 Å². The van der Waals surface area contributed by atoms with Gasteiger partial charge in [-0.25, -0.2) is 4.39 Å². The summed E-state index contributed by atoms with van der Waals surface area (Å²) in [6.07, 6.45) is 5.47. The molecule has 0 radical (unpaired) electrons. The lowest BCUT2D eigenvalue weighted by atomic mass is 9.79. The molecule has 0 amide bonds. The molecule has 0 bridgehead atoms. The Balaban J connectivity index is 4.21. The van der Waals surface area contributed by atoms with E-state index in [-0.39, 0.29) is 5.41 Å². The molecule has 0 aromatic rings. The van der Waals surface area contributed by atoms with Gasteiger partial charge in [-0.2, -0.15) is 0 Å². The van der Waals surface area contributed by atoms with E-state index in [1.54, 1.807) is 7.11 Å². The zero-order chi connectivity index (χ0) is 11.7. The van der Waals surface area contributed by atoms with Crippen molar-refractivity contribution in [3.05, 3.63) is 12.7 Å². The fraction of sp³-hybridized carbons (Fsp3) is 0.846. The van der Waals surface area contributed by atoms with Crippen LogP contribution < -0.4 is 0 Å². The third kappa shape index (κ3) is 5.31. The van der Waals surface area contributed by atoms with Gasteiger partial charge in [-0.3, -0.25) is 0 Å². The molecule has 0 fully saturated rings. The number of ether oxygens (including phenoxy) is 1. The van der Waals surface area contributed by atoms with Crippen LogP contribution in [0.1, 0.15) is 46.0 Å². The highest BCUT2D eigenvalue weighted by Crippen LogP contribution is 2.33. The summed E-state index contributed by atoms with van der Waals surface area (Å²) >= 11 is 0. The Morgan fingerprint density at radius 3 is 2.67 bits per heavy atom. The molecule has 0 N–H and O–H groups in total. The second-order valence-corrected chi connectivity index (χ2v) is 4.52. The van der Waals surface area contributed by atoms with Gasteiger partial charge in [0.05, 0.1) is 6.61 Å².